The molecule has 1 aliphatic heterocycles. The maximum atomic E-state index is 11.3. The number of unbranched alkanes of at least 4 members (excludes halogenated alkanes) is 9. The largest absolute Gasteiger partial charge is 0.289 e. The number of imide groups is 1. The Labute approximate surface area is 116 Å². The minimum absolute atomic E-state index is 0.194. The van der Waals surface area contributed by atoms with E-state index in [1.807, 2.05) is 0 Å². The third kappa shape index (κ3) is 7.14. The Bertz CT molecular complexity index is 321. The van der Waals surface area contributed by atoms with Gasteiger partial charge in [0.05, 0.1) is 0 Å². The van der Waals surface area contributed by atoms with E-state index in [1.165, 1.54) is 57.4 Å². The van der Waals surface area contributed by atoms with E-state index in [0.29, 0.717) is 5.57 Å². The van der Waals surface area contributed by atoms with Crippen LogP contribution in [0.15, 0.2) is 11.6 Å². The zero-order valence-electron chi connectivity index (χ0n) is 12.2. The third-order valence-corrected chi connectivity index (χ3v) is 3.63. The van der Waals surface area contributed by atoms with E-state index in [0.717, 1.165) is 19.3 Å². The van der Waals surface area contributed by atoms with Crippen LogP contribution < -0.4 is 5.32 Å². The number of amides is 2. The highest BCUT2D eigenvalue weighted by molar-refractivity contribution is 6.16. The van der Waals surface area contributed by atoms with Gasteiger partial charge in [-0.15, -0.1) is 0 Å². The molecule has 0 bridgehead atoms. The summed E-state index contributed by atoms with van der Waals surface area (Å²) in [4.78, 5) is 22.2. The van der Waals surface area contributed by atoms with Crippen molar-refractivity contribution >= 4 is 11.8 Å². The average molecular weight is 265 g/mol. The van der Waals surface area contributed by atoms with Crippen LogP contribution in [-0.2, 0) is 9.59 Å². The standard InChI is InChI=1S/C16H27NO2/c1-2-3-4-5-6-7-8-9-10-11-12-14-13-15(18)17-16(14)19/h13H,2-12H2,1H3,(H,17,18,19). The fourth-order valence-electron chi connectivity index (χ4n) is 2.44. The maximum absolute atomic E-state index is 11.3. The molecule has 0 fully saturated rings. The van der Waals surface area contributed by atoms with Crippen molar-refractivity contribution in [2.24, 2.45) is 0 Å². The Morgan fingerprint density at radius 1 is 0.842 bits per heavy atom. The van der Waals surface area contributed by atoms with Gasteiger partial charge in [0.1, 0.15) is 0 Å². The summed E-state index contributed by atoms with van der Waals surface area (Å²) in [6, 6.07) is 0. The Morgan fingerprint density at radius 2 is 1.37 bits per heavy atom. The molecule has 0 aromatic carbocycles. The van der Waals surface area contributed by atoms with E-state index in [4.69, 9.17) is 0 Å². The van der Waals surface area contributed by atoms with E-state index in [9.17, 15) is 9.59 Å². The molecular formula is C16H27NO2. The summed E-state index contributed by atoms with van der Waals surface area (Å²) in [5.74, 6) is -0.451. The molecule has 0 unspecified atom stereocenters. The van der Waals surface area contributed by atoms with Crippen LogP contribution in [0.25, 0.3) is 0 Å². The Morgan fingerprint density at radius 3 is 1.84 bits per heavy atom. The Kier molecular flexibility index (Phi) is 8.19. The molecule has 0 aromatic rings. The summed E-state index contributed by atoms with van der Waals surface area (Å²) in [5, 5.41) is 2.28. The minimum Gasteiger partial charge on any atom is -0.289 e. The third-order valence-electron chi connectivity index (χ3n) is 3.63. The van der Waals surface area contributed by atoms with Crippen molar-refractivity contribution in [1.29, 1.82) is 0 Å². The van der Waals surface area contributed by atoms with Crippen molar-refractivity contribution in [2.75, 3.05) is 0 Å². The van der Waals surface area contributed by atoms with Crippen LogP contribution in [0, 0.1) is 0 Å². The van der Waals surface area contributed by atoms with Gasteiger partial charge in [0.2, 0.25) is 0 Å². The molecule has 0 saturated carbocycles. The molecule has 1 N–H and O–H groups in total. The molecule has 2 amide bonds. The monoisotopic (exact) mass is 265 g/mol. The van der Waals surface area contributed by atoms with E-state index < -0.39 is 0 Å². The molecule has 0 atom stereocenters. The highest BCUT2D eigenvalue weighted by atomic mass is 16.2. The van der Waals surface area contributed by atoms with Gasteiger partial charge in [0, 0.05) is 11.6 Å². The van der Waals surface area contributed by atoms with Gasteiger partial charge in [0.25, 0.3) is 11.8 Å². The van der Waals surface area contributed by atoms with Crippen LogP contribution in [-0.4, -0.2) is 11.8 Å². The molecular weight excluding hydrogens is 238 g/mol. The number of carbonyl (C=O) groups excluding carboxylic acids is 2. The van der Waals surface area contributed by atoms with Crippen LogP contribution in [0.3, 0.4) is 0 Å². The molecule has 108 valence electrons. The van der Waals surface area contributed by atoms with Crippen LogP contribution in [0.2, 0.25) is 0 Å². The van der Waals surface area contributed by atoms with Crippen molar-refractivity contribution in [3.05, 3.63) is 11.6 Å². The molecule has 0 radical (unpaired) electrons. The molecule has 3 nitrogen and oxygen atoms in total. The zero-order chi connectivity index (χ0) is 13.9. The lowest BCUT2D eigenvalue weighted by Crippen LogP contribution is -2.22. The number of carbonyl (C=O) groups is 2. The summed E-state index contributed by atoms with van der Waals surface area (Å²) in [6.45, 7) is 2.24. The first kappa shape index (κ1) is 15.9. The average Bonchev–Trinajstić information content (AvgIpc) is 2.70. The van der Waals surface area contributed by atoms with Crippen molar-refractivity contribution < 1.29 is 9.59 Å². The first-order valence-electron chi connectivity index (χ1n) is 7.80. The molecule has 0 spiro atoms. The topological polar surface area (TPSA) is 46.2 Å². The zero-order valence-corrected chi connectivity index (χ0v) is 12.2. The van der Waals surface area contributed by atoms with Crippen LogP contribution in [0.5, 0.6) is 0 Å². The van der Waals surface area contributed by atoms with Crippen molar-refractivity contribution in [3.8, 4) is 0 Å². The lowest BCUT2D eigenvalue weighted by Gasteiger charge is -2.02. The highest BCUT2D eigenvalue weighted by Gasteiger charge is 2.19. The second-order valence-corrected chi connectivity index (χ2v) is 5.42. The lowest BCUT2D eigenvalue weighted by molar-refractivity contribution is -0.123. The van der Waals surface area contributed by atoms with Crippen molar-refractivity contribution in [3.63, 3.8) is 0 Å². The lowest BCUT2D eigenvalue weighted by atomic mass is 10.0. The highest BCUT2D eigenvalue weighted by Crippen LogP contribution is 2.15. The first-order valence-corrected chi connectivity index (χ1v) is 7.80. The second-order valence-electron chi connectivity index (χ2n) is 5.42. The first-order chi connectivity index (χ1) is 9.24. The smallest absolute Gasteiger partial charge is 0.254 e. The van der Waals surface area contributed by atoms with Gasteiger partial charge in [-0.3, -0.25) is 14.9 Å². The van der Waals surface area contributed by atoms with E-state index in [1.54, 1.807) is 0 Å². The van der Waals surface area contributed by atoms with E-state index >= 15 is 0 Å². The second kappa shape index (κ2) is 9.76. The summed E-state index contributed by atoms with van der Waals surface area (Å²) in [6.07, 6.45) is 15.1. The Hall–Kier alpha value is -1.12. The van der Waals surface area contributed by atoms with Gasteiger partial charge < -0.3 is 0 Å². The number of hydrogen-bond acceptors (Lipinski definition) is 2. The van der Waals surface area contributed by atoms with E-state index in [2.05, 4.69) is 12.2 Å². The predicted octanol–water partition coefficient (Wildman–Crippen LogP) is 3.88. The molecule has 3 heteroatoms. The van der Waals surface area contributed by atoms with Gasteiger partial charge in [-0.25, -0.2) is 0 Å². The van der Waals surface area contributed by atoms with Gasteiger partial charge in [-0.1, -0.05) is 64.7 Å². The normalized spacial score (nSPS) is 14.7. The number of hydrogen-bond donors (Lipinski definition) is 1. The summed E-state index contributed by atoms with van der Waals surface area (Å²) in [5.41, 5.74) is 0.657. The van der Waals surface area contributed by atoms with Crippen LogP contribution in [0.1, 0.15) is 77.6 Å². The molecule has 1 rings (SSSR count). The summed E-state index contributed by atoms with van der Waals surface area (Å²) >= 11 is 0. The van der Waals surface area contributed by atoms with Gasteiger partial charge >= 0.3 is 0 Å². The molecule has 0 aliphatic carbocycles. The SMILES string of the molecule is CCCCCCCCCCCCC1=CC(=O)NC1=O. The molecule has 1 heterocycles. The van der Waals surface area contributed by atoms with Crippen molar-refractivity contribution in [1.82, 2.24) is 5.32 Å². The molecule has 0 saturated heterocycles. The maximum Gasteiger partial charge on any atom is 0.254 e. The van der Waals surface area contributed by atoms with E-state index in [-0.39, 0.29) is 11.8 Å². The van der Waals surface area contributed by atoms with Crippen LogP contribution in [0.4, 0.5) is 0 Å². The van der Waals surface area contributed by atoms with Crippen molar-refractivity contribution in [2.45, 2.75) is 77.6 Å². The van der Waals surface area contributed by atoms with Gasteiger partial charge in [-0.05, 0) is 12.8 Å². The number of rotatable bonds is 11. The fraction of sp³-hybridized carbons (Fsp3) is 0.750. The summed E-state index contributed by atoms with van der Waals surface area (Å²) in [7, 11) is 0. The molecule has 19 heavy (non-hydrogen) atoms. The summed E-state index contributed by atoms with van der Waals surface area (Å²) < 4.78 is 0. The minimum atomic E-state index is -0.257. The fourth-order valence-corrected chi connectivity index (χ4v) is 2.44. The van der Waals surface area contributed by atoms with Crippen LogP contribution >= 0.6 is 0 Å². The molecule has 0 aromatic heterocycles. The quantitative estimate of drug-likeness (QED) is 0.455. The molecule has 1 aliphatic rings. The van der Waals surface area contributed by atoms with Gasteiger partial charge in [-0.2, -0.15) is 0 Å². The predicted molar refractivity (Wildman–Crippen MR) is 77.7 cm³/mol. The Balaban J connectivity index is 1.88. The number of nitrogens with one attached hydrogen (secondary N) is 1. The van der Waals surface area contributed by atoms with Gasteiger partial charge in [0.15, 0.2) is 0 Å².